The van der Waals surface area contributed by atoms with Crippen LogP contribution in [-0.4, -0.2) is 64.4 Å². The van der Waals surface area contributed by atoms with Crippen LogP contribution in [0.25, 0.3) is 0 Å². The molecule has 25 heavy (non-hydrogen) atoms. The lowest BCUT2D eigenvalue weighted by Gasteiger charge is -2.38. The van der Waals surface area contributed by atoms with Crippen LogP contribution in [0.1, 0.15) is 45.0 Å². The molecule has 1 aromatic rings. The molecule has 0 aliphatic carbocycles. The van der Waals surface area contributed by atoms with Crippen molar-refractivity contribution in [2.45, 2.75) is 51.2 Å². The van der Waals surface area contributed by atoms with E-state index in [1.807, 2.05) is 6.07 Å². The fraction of sp³-hybridized carbons (Fsp3) is 0.706. The predicted molar refractivity (Wildman–Crippen MR) is 92.2 cm³/mol. The molecule has 1 atom stereocenters. The summed E-state index contributed by atoms with van der Waals surface area (Å²) >= 11 is 0. The Hall–Kier alpha value is -2.25. The highest BCUT2D eigenvalue weighted by Crippen LogP contribution is 2.31. The molecule has 1 unspecified atom stereocenters. The number of carbonyl (C=O) groups is 2. The number of amides is 3. The summed E-state index contributed by atoms with van der Waals surface area (Å²) in [5.41, 5.74) is 1.25. The molecule has 2 N–H and O–H groups in total. The lowest BCUT2D eigenvalue weighted by Crippen LogP contribution is -2.54. The number of nitrogens with zero attached hydrogens (tertiary/aromatic N) is 3. The van der Waals surface area contributed by atoms with Crippen molar-refractivity contribution in [1.82, 2.24) is 25.3 Å². The number of carbonyl (C=O) groups excluding carboxylic acids is 2. The van der Waals surface area contributed by atoms with E-state index >= 15 is 0 Å². The molecule has 2 saturated heterocycles. The maximum absolute atomic E-state index is 12.5. The normalized spacial score (nSPS) is 23.9. The predicted octanol–water partition coefficient (Wildman–Crippen LogP) is 1.83. The zero-order chi connectivity index (χ0) is 18.2. The molecule has 0 radical (unpaired) electrons. The van der Waals surface area contributed by atoms with Crippen LogP contribution >= 0.6 is 0 Å². The maximum Gasteiger partial charge on any atom is 0.410 e. The second kappa shape index (κ2) is 6.24. The maximum atomic E-state index is 12.5. The lowest BCUT2D eigenvalue weighted by molar-refractivity contribution is 0.00317. The van der Waals surface area contributed by atoms with Gasteiger partial charge >= 0.3 is 12.1 Å². The molecule has 8 heteroatoms. The number of hydrogen-bond donors (Lipinski definition) is 2. The molecule has 0 bridgehead atoms. The summed E-state index contributed by atoms with van der Waals surface area (Å²) in [7, 11) is 1.72. The fourth-order valence-corrected chi connectivity index (χ4v) is 3.39. The number of H-pyrrole nitrogens is 1. The van der Waals surface area contributed by atoms with Crippen LogP contribution in [-0.2, 0) is 16.7 Å². The Balaban J connectivity index is 1.56. The van der Waals surface area contributed by atoms with Gasteiger partial charge in [0, 0.05) is 19.0 Å². The topological polar surface area (TPSA) is 90.6 Å². The molecule has 2 fully saturated rings. The van der Waals surface area contributed by atoms with E-state index in [4.69, 9.17) is 4.74 Å². The molecule has 1 aromatic heterocycles. The number of ether oxygens (including phenoxy) is 1. The molecule has 3 heterocycles. The number of aromatic amines is 1. The molecule has 0 aromatic carbocycles. The number of urea groups is 1. The lowest BCUT2D eigenvalue weighted by atomic mass is 9.92. The summed E-state index contributed by atoms with van der Waals surface area (Å²) in [5.74, 6) is 0. The number of aromatic nitrogens is 2. The van der Waals surface area contributed by atoms with E-state index in [9.17, 15) is 9.59 Å². The van der Waals surface area contributed by atoms with Gasteiger partial charge in [0.1, 0.15) is 5.60 Å². The molecular formula is C17H27N5O3. The van der Waals surface area contributed by atoms with Gasteiger partial charge in [0.15, 0.2) is 0 Å². The first-order valence-corrected chi connectivity index (χ1v) is 8.70. The van der Waals surface area contributed by atoms with Crippen LogP contribution in [0.15, 0.2) is 6.07 Å². The van der Waals surface area contributed by atoms with Gasteiger partial charge in [0.25, 0.3) is 0 Å². The SMILES string of the molecule is CN1CC2(CCCN(C(=O)NCc3cc(C(C)(C)C)n[nH]3)C2)OC1=O. The van der Waals surface area contributed by atoms with Crippen molar-refractivity contribution < 1.29 is 14.3 Å². The van der Waals surface area contributed by atoms with Gasteiger partial charge in [-0.25, -0.2) is 9.59 Å². The largest absolute Gasteiger partial charge is 0.439 e. The summed E-state index contributed by atoms with van der Waals surface area (Å²) in [6.45, 7) is 8.32. The Bertz CT molecular complexity index is 665. The third kappa shape index (κ3) is 3.72. The highest BCUT2D eigenvalue weighted by Gasteiger charge is 2.47. The number of nitrogens with one attached hydrogen (secondary N) is 2. The van der Waals surface area contributed by atoms with Crippen molar-refractivity contribution >= 4 is 12.1 Å². The average Bonchev–Trinajstić information content (AvgIpc) is 3.10. The molecule has 138 valence electrons. The first-order valence-electron chi connectivity index (χ1n) is 8.70. The highest BCUT2D eigenvalue weighted by atomic mass is 16.6. The third-order valence-corrected chi connectivity index (χ3v) is 4.80. The molecule has 8 nitrogen and oxygen atoms in total. The molecule has 0 saturated carbocycles. The summed E-state index contributed by atoms with van der Waals surface area (Å²) in [4.78, 5) is 27.5. The number of likely N-dealkylation sites (N-methyl/N-ethyl adjacent to an activating group) is 1. The van der Waals surface area contributed by atoms with Crippen molar-refractivity contribution in [3.05, 3.63) is 17.5 Å². The Morgan fingerprint density at radius 1 is 1.44 bits per heavy atom. The first-order chi connectivity index (χ1) is 11.7. The monoisotopic (exact) mass is 349 g/mol. The number of piperidine rings is 1. The van der Waals surface area contributed by atoms with E-state index in [1.165, 1.54) is 0 Å². The van der Waals surface area contributed by atoms with E-state index in [0.29, 0.717) is 26.2 Å². The molecular weight excluding hydrogens is 322 g/mol. The van der Waals surface area contributed by atoms with Gasteiger partial charge in [0.05, 0.1) is 31.0 Å². The minimum Gasteiger partial charge on any atom is -0.439 e. The van der Waals surface area contributed by atoms with E-state index in [-0.39, 0.29) is 17.5 Å². The minimum absolute atomic E-state index is 0.0314. The van der Waals surface area contributed by atoms with Gasteiger partial charge in [-0.05, 0) is 18.9 Å². The van der Waals surface area contributed by atoms with Gasteiger partial charge in [-0.15, -0.1) is 0 Å². The Morgan fingerprint density at radius 2 is 2.20 bits per heavy atom. The van der Waals surface area contributed by atoms with Crippen LogP contribution in [0.4, 0.5) is 9.59 Å². The van der Waals surface area contributed by atoms with Gasteiger partial charge in [0.2, 0.25) is 0 Å². The Labute approximate surface area is 147 Å². The Kier molecular flexibility index (Phi) is 4.38. The number of likely N-dealkylation sites (tertiary alicyclic amines) is 1. The van der Waals surface area contributed by atoms with Crippen molar-refractivity contribution in [2.75, 3.05) is 26.7 Å². The first kappa shape index (κ1) is 17.6. The van der Waals surface area contributed by atoms with E-state index in [2.05, 4.69) is 36.3 Å². The summed E-state index contributed by atoms with van der Waals surface area (Å²) in [5, 5.41) is 10.2. The number of hydrogen-bond acceptors (Lipinski definition) is 4. The van der Waals surface area contributed by atoms with Gasteiger partial charge in [-0.1, -0.05) is 20.8 Å². The van der Waals surface area contributed by atoms with Crippen LogP contribution in [0, 0.1) is 0 Å². The Morgan fingerprint density at radius 3 is 2.80 bits per heavy atom. The molecule has 3 amide bonds. The molecule has 3 rings (SSSR count). The van der Waals surface area contributed by atoms with Crippen LogP contribution in [0.5, 0.6) is 0 Å². The van der Waals surface area contributed by atoms with Crippen LogP contribution in [0.3, 0.4) is 0 Å². The average molecular weight is 349 g/mol. The second-order valence-electron chi connectivity index (χ2n) is 8.12. The quantitative estimate of drug-likeness (QED) is 0.852. The summed E-state index contributed by atoms with van der Waals surface area (Å²) < 4.78 is 5.54. The van der Waals surface area contributed by atoms with Crippen molar-refractivity contribution in [3.8, 4) is 0 Å². The molecule has 1 spiro atoms. The van der Waals surface area contributed by atoms with E-state index < -0.39 is 5.60 Å². The third-order valence-electron chi connectivity index (χ3n) is 4.80. The van der Waals surface area contributed by atoms with E-state index in [0.717, 1.165) is 24.2 Å². The fourth-order valence-electron chi connectivity index (χ4n) is 3.39. The highest BCUT2D eigenvalue weighted by molar-refractivity contribution is 5.75. The summed E-state index contributed by atoms with van der Waals surface area (Å²) in [6, 6.07) is 1.84. The van der Waals surface area contributed by atoms with Crippen LogP contribution in [0.2, 0.25) is 0 Å². The van der Waals surface area contributed by atoms with Crippen LogP contribution < -0.4 is 5.32 Å². The molecule has 2 aliphatic heterocycles. The van der Waals surface area contributed by atoms with Crippen molar-refractivity contribution in [1.29, 1.82) is 0 Å². The zero-order valence-electron chi connectivity index (χ0n) is 15.4. The van der Waals surface area contributed by atoms with Crippen molar-refractivity contribution in [2.24, 2.45) is 0 Å². The van der Waals surface area contributed by atoms with Gasteiger partial charge in [-0.2, -0.15) is 5.10 Å². The zero-order valence-corrected chi connectivity index (χ0v) is 15.4. The minimum atomic E-state index is -0.561. The second-order valence-corrected chi connectivity index (χ2v) is 8.12. The van der Waals surface area contributed by atoms with E-state index in [1.54, 1.807) is 16.8 Å². The van der Waals surface area contributed by atoms with Gasteiger partial charge < -0.3 is 19.9 Å². The summed E-state index contributed by atoms with van der Waals surface area (Å²) in [6.07, 6.45) is 1.31. The number of rotatable bonds is 2. The molecule has 2 aliphatic rings. The van der Waals surface area contributed by atoms with Crippen molar-refractivity contribution in [3.63, 3.8) is 0 Å². The standard InChI is InChI=1S/C17H27N5O3/c1-16(2,3)13-8-12(19-20-13)9-18-14(23)22-7-5-6-17(11-22)10-21(4)15(24)25-17/h8H,5-7,9-11H2,1-4H3,(H,18,23)(H,19,20). The van der Waals surface area contributed by atoms with Gasteiger partial charge in [-0.3, -0.25) is 5.10 Å². The smallest absolute Gasteiger partial charge is 0.410 e.